The van der Waals surface area contributed by atoms with E-state index in [1.807, 2.05) is 37.3 Å². The van der Waals surface area contributed by atoms with E-state index in [9.17, 15) is 4.79 Å². The number of allylic oxidation sites excluding steroid dienone is 1. The maximum Gasteiger partial charge on any atom is 0.271 e. The summed E-state index contributed by atoms with van der Waals surface area (Å²) in [5.74, 6) is 0. The maximum atomic E-state index is 12.4. The lowest BCUT2D eigenvalue weighted by Gasteiger charge is -2.03. The summed E-state index contributed by atoms with van der Waals surface area (Å²) in [7, 11) is 0. The second-order valence-corrected chi connectivity index (χ2v) is 6.46. The lowest BCUT2D eigenvalue weighted by molar-refractivity contribution is 0.740. The molecule has 1 aromatic carbocycles. The summed E-state index contributed by atoms with van der Waals surface area (Å²) in [6.45, 7) is 6.23. The van der Waals surface area contributed by atoms with Crippen LogP contribution in [0.15, 0.2) is 53.6 Å². The van der Waals surface area contributed by atoms with Gasteiger partial charge in [0.25, 0.3) is 5.56 Å². The number of fused-ring (bicyclic) bond motifs is 1. The molecule has 0 unspecified atom stereocenters. The highest BCUT2D eigenvalue weighted by atomic mass is 35.5. The van der Waals surface area contributed by atoms with Gasteiger partial charge in [0, 0.05) is 16.4 Å². The van der Waals surface area contributed by atoms with Gasteiger partial charge in [0.15, 0.2) is 0 Å². The Balaban J connectivity index is 2.12. The molecule has 0 radical (unpaired) electrons. The largest absolute Gasteiger partial charge is 0.294 e. The number of halogens is 1. The van der Waals surface area contributed by atoms with E-state index in [-0.39, 0.29) is 5.56 Å². The number of nitrogens with zero attached hydrogens (tertiary/aromatic N) is 2. The summed E-state index contributed by atoms with van der Waals surface area (Å²) < 4.78 is 2.26. The second kappa shape index (κ2) is 5.47. The Bertz CT molecular complexity index is 877. The zero-order chi connectivity index (χ0) is 15.0. The van der Waals surface area contributed by atoms with Crippen LogP contribution < -0.4 is 5.56 Å². The normalized spacial score (nSPS) is 11.0. The van der Waals surface area contributed by atoms with Crippen molar-refractivity contribution in [3.8, 4) is 10.4 Å². The van der Waals surface area contributed by atoms with Gasteiger partial charge in [-0.25, -0.2) is 4.98 Å². The standard InChI is InChI=1S/C16H13ClN2OS/c1-10(2)8-19-9-18-13-7-14(21-15(13)16(19)20)11-3-5-12(17)6-4-11/h3-7,9H,1,8H2,2H3. The van der Waals surface area contributed by atoms with Gasteiger partial charge in [0.1, 0.15) is 4.70 Å². The second-order valence-electron chi connectivity index (χ2n) is 4.97. The fourth-order valence-electron chi connectivity index (χ4n) is 2.11. The van der Waals surface area contributed by atoms with E-state index < -0.39 is 0 Å². The monoisotopic (exact) mass is 316 g/mol. The van der Waals surface area contributed by atoms with E-state index in [0.717, 1.165) is 21.5 Å². The maximum absolute atomic E-state index is 12.4. The summed E-state index contributed by atoms with van der Waals surface area (Å²) in [4.78, 5) is 17.8. The van der Waals surface area contributed by atoms with Gasteiger partial charge < -0.3 is 0 Å². The van der Waals surface area contributed by atoms with Gasteiger partial charge in [-0.3, -0.25) is 9.36 Å². The molecule has 0 aliphatic carbocycles. The highest BCUT2D eigenvalue weighted by Gasteiger charge is 2.10. The predicted octanol–water partition coefficient (Wildman–Crippen LogP) is 4.35. The molecule has 0 amide bonds. The van der Waals surface area contributed by atoms with Crippen LogP contribution in [0.1, 0.15) is 6.92 Å². The molecular formula is C16H13ClN2OS. The van der Waals surface area contributed by atoms with E-state index in [1.54, 1.807) is 10.9 Å². The number of hydrogen-bond donors (Lipinski definition) is 0. The van der Waals surface area contributed by atoms with E-state index in [0.29, 0.717) is 16.3 Å². The minimum absolute atomic E-state index is 0.0202. The minimum Gasteiger partial charge on any atom is -0.294 e. The number of rotatable bonds is 3. The lowest BCUT2D eigenvalue weighted by Crippen LogP contribution is -2.19. The average molecular weight is 317 g/mol. The molecule has 0 fully saturated rings. The molecule has 0 N–H and O–H groups in total. The molecular weight excluding hydrogens is 304 g/mol. The molecule has 3 aromatic rings. The molecule has 0 aliphatic rings. The lowest BCUT2D eigenvalue weighted by atomic mass is 10.2. The van der Waals surface area contributed by atoms with Crippen LogP contribution >= 0.6 is 22.9 Å². The first-order chi connectivity index (χ1) is 10.0. The Labute approximate surface area is 131 Å². The Morgan fingerprint density at radius 2 is 2.10 bits per heavy atom. The quantitative estimate of drug-likeness (QED) is 0.673. The number of benzene rings is 1. The first kappa shape index (κ1) is 14.0. The molecule has 0 atom stereocenters. The highest BCUT2D eigenvalue weighted by molar-refractivity contribution is 7.22. The summed E-state index contributed by atoms with van der Waals surface area (Å²) in [6.07, 6.45) is 1.58. The van der Waals surface area contributed by atoms with Crippen molar-refractivity contribution < 1.29 is 0 Å². The summed E-state index contributed by atoms with van der Waals surface area (Å²) in [5, 5.41) is 0.696. The first-order valence-corrected chi connectivity index (χ1v) is 7.63. The molecule has 5 heteroatoms. The summed E-state index contributed by atoms with van der Waals surface area (Å²) in [6, 6.07) is 9.51. The summed E-state index contributed by atoms with van der Waals surface area (Å²) in [5.41, 5.74) is 2.67. The third-order valence-corrected chi connectivity index (χ3v) is 4.49. The van der Waals surface area contributed by atoms with Gasteiger partial charge >= 0.3 is 0 Å². The van der Waals surface area contributed by atoms with E-state index in [4.69, 9.17) is 11.6 Å². The Hall–Kier alpha value is -1.91. The van der Waals surface area contributed by atoms with Crippen LogP contribution in [0.25, 0.3) is 20.7 Å². The van der Waals surface area contributed by atoms with Crippen molar-refractivity contribution in [1.29, 1.82) is 0 Å². The third kappa shape index (κ3) is 2.77. The minimum atomic E-state index is -0.0202. The van der Waals surface area contributed by atoms with Gasteiger partial charge in [-0.15, -0.1) is 11.3 Å². The smallest absolute Gasteiger partial charge is 0.271 e. The van der Waals surface area contributed by atoms with Gasteiger partial charge in [-0.1, -0.05) is 35.9 Å². The van der Waals surface area contributed by atoms with Crippen molar-refractivity contribution >= 4 is 33.2 Å². The Kier molecular flexibility index (Phi) is 3.66. The van der Waals surface area contributed by atoms with E-state index >= 15 is 0 Å². The van der Waals surface area contributed by atoms with Crippen molar-refractivity contribution in [2.24, 2.45) is 0 Å². The van der Waals surface area contributed by atoms with Gasteiger partial charge in [-0.05, 0) is 30.7 Å². The molecule has 0 saturated heterocycles. The van der Waals surface area contributed by atoms with E-state index in [2.05, 4.69) is 11.6 Å². The van der Waals surface area contributed by atoms with Crippen LogP contribution in [-0.2, 0) is 6.54 Å². The number of aromatic nitrogens is 2. The molecule has 0 saturated carbocycles. The van der Waals surface area contributed by atoms with Gasteiger partial charge in [-0.2, -0.15) is 0 Å². The number of thiophene rings is 1. The fourth-order valence-corrected chi connectivity index (χ4v) is 3.30. The van der Waals surface area contributed by atoms with Crippen molar-refractivity contribution in [3.63, 3.8) is 0 Å². The topological polar surface area (TPSA) is 34.9 Å². The predicted molar refractivity (Wildman–Crippen MR) is 89.1 cm³/mol. The molecule has 0 aliphatic heterocycles. The Morgan fingerprint density at radius 3 is 2.76 bits per heavy atom. The zero-order valence-corrected chi connectivity index (χ0v) is 13.0. The molecule has 0 bridgehead atoms. The van der Waals surface area contributed by atoms with Crippen LogP contribution in [0.4, 0.5) is 0 Å². The molecule has 106 valence electrons. The first-order valence-electron chi connectivity index (χ1n) is 6.44. The molecule has 2 aromatic heterocycles. The average Bonchev–Trinajstić information content (AvgIpc) is 2.87. The van der Waals surface area contributed by atoms with Gasteiger partial charge in [0.2, 0.25) is 0 Å². The molecule has 21 heavy (non-hydrogen) atoms. The third-order valence-electron chi connectivity index (χ3n) is 3.07. The van der Waals surface area contributed by atoms with Crippen molar-refractivity contribution in [1.82, 2.24) is 9.55 Å². The SMILES string of the molecule is C=C(C)Cn1cnc2cc(-c3ccc(Cl)cc3)sc2c1=O. The summed E-state index contributed by atoms with van der Waals surface area (Å²) >= 11 is 7.36. The molecule has 3 nitrogen and oxygen atoms in total. The number of hydrogen-bond acceptors (Lipinski definition) is 3. The Morgan fingerprint density at radius 1 is 1.38 bits per heavy atom. The van der Waals surface area contributed by atoms with Crippen LogP contribution in [0, 0.1) is 0 Å². The molecule has 3 rings (SSSR count). The highest BCUT2D eigenvalue weighted by Crippen LogP contribution is 2.31. The van der Waals surface area contributed by atoms with Gasteiger partial charge in [0.05, 0.1) is 11.8 Å². The van der Waals surface area contributed by atoms with Crippen LogP contribution in [0.5, 0.6) is 0 Å². The molecule has 0 spiro atoms. The van der Waals surface area contributed by atoms with E-state index in [1.165, 1.54) is 11.3 Å². The van der Waals surface area contributed by atoms with Crippen molar-refractivity contribution in [2.75, 3.05) is 0 Å². The fraction of sp³-hybridized carbons (Fsp3) is 0.125. The zero-order valence-electron chi connectivity index (χ0n) is 11.5. The van der Waals surface area contributed by atoms with Crippen LogP contribution in [0.3, 0.4) is 0 Å². The molecule has 2 heterocycles. The van der Waals surface area contributed by atoms with Crippen molar-refractivity contribution in [2.45, 2.75) is 13.5 Å². The van der Waals surface area contributed by atoms with Crippen LogP contribution in [0.2, 0.25) is 5.02 Å². The van der Waals surface area contributed by atoms with Crippen molar-refractivity contribution in [3.05, 3.63) is 64.2 Å². The van der Waals surface area contributed by atoms with Crippen LogP contribution in [-0.4, -0.2) is 9.55 Å².